The van der Waals surface area contributed by atoms with E-state index in [1.54, 1.807) is 6.92 Å². The van der Waals surface area contributed by atoms with E-state index in [1.165, 1.54) is 6.42 Å². The first-order valence-electron chi connectivity index (χ1n) is 5.65. The van der Waals surface area contributed by atoms with Gasteiger partial charge in [0.2, 0.25) is 0 Å². The van der Waals surface area contributed by atoms with E-state index in [0.717, 1.165) is 18.7 Å². The van der Waals surface area contributed by atoms with Crippen LogP contribution in [0, 0.1) is 0 Å². The SMILES string of the molecule is C/C([NH-])=C/C1=NCCC1.C=C=C[Si](C)(C)C.[Cu+]. The monoisotopic (exact) mass is 298 g/mol. The Morgan fingerprint density at radius 1 is 1.47 bits per heavy atom. The standard InChI is InChI=1S/C7H11N2.C6H12Si.Cu/c1-6(8)5-7-3-2-4-9-7;1-5-6-7(2,3)4;/h5,8H,2-4H2,1H3;6H,1H2,2-4H3;/q-1;;+1/b6-5-;;. The number of aliphatic imine (C=N–C) groups is 1. The number of hydrogen-bond donors (Lipinski definition) is 0. The maximum absolute atomic E-state index is 7.12. The molecule has 2 nitrogen and oxygen atoms in total. The largest absolute Gasteiger partial charge is 1.00 e. The van der Waals surface area contributed by atoms with E-state index in [-0.39, 0.29) is 17.1 Å². The third kappa shape index (κ3) is 13.4. The fraction of sp³-hybridized carbons (Fsp3) is 0.538. The molecular formula is C13H23CuN2Si. The minimum absolute atomic E-state index is 0. The molecule has 0 unspecified atom stereocenters. The quantitative estimate of drug-likeness (QED) is 0.536. The second-order valence-electron chi connectivity index (χ2n) is 5.02. The molecule has 0 saturated heterocycles. The van der Waals surface area contributed by atoms with Gasteiger partial charge in [-0.05, 0) is 12.8 Å². The first kappa shape index (κ1) is 18.8. The predicted octanol–water partition coefficient (Wildman–Crippen LogP) is 4.38. The molecule has 0 atom stereocenters. The molecule has 0 radical (unpaired) electrons. The van der Waals surface area contributed by atoms with Gasteiger partial charge in [-0.15, -0.1) is 5.73 Å². The number of nitrogens with zero attached hydrogens (tertiary/aromatic N) is 1. The van der Waals surface area contributed by atoms with E-state index in [1.807, 2.05) is 6.08 Å². The van der Waals surface area contributed by atoms with Gasteiger partial charge in [0, 0.05) is 12.3 Å². The number of nitrogens with one attached hydrogen (secondary N) is 1. The van der Waals surface area contributed by atoms with Gasteiger partial charge < -0.3 is 5.73 Å². The second kappa shape index (κ2) is 9.49. The van der Waals surface area contributed by atoms with Crippen LogP contribution in [0.15, 0.2) is 34.8 Å². The molecule has 0 saturated carbocycles. The topological polar surface area (TPSA) is 36.2 Å². The Balaban J connectivity index is 0. The molecule has 1 aliphatic heterocycles. The molecule has 0 aromatic heterocycles. The summed E-state index contributed by atoms with van der Waals surface area (Å²) in [7, 11) is -0.956. The molecule has 0 fully saturated rings. The van der Waals surface area contributed by atoms with Crippen molar-refractivity contribution in [2.24, 2.45) is 4.99 Å². The van der Waals surface area contributed by atoms with Crippen LogP contribution in [-0.4, -0.2) is 20.3 Å². The zero-order valence-corrected chi connectivity index (χ0v) is 13.2. The Labute approximate surface area is 117 Å². The van der Waals surface area contributed by atoms with E-state index in [9.17, 15) is 0 Å². The Hall–Kier alpha value is -0.534. The second-order valence-corrected chi connectivity index (χ2v) is 10.0. The molecule has 0 aromatic carbocycles. The normalized spacial score (nSPS) is 14.8. The average molecular weight is 299 g/mol. The minimum atomic E-state index is -0.956. The van der Waals surface area contributed by atoms with Crippen molar-refractivity contribution in [3.8, 4) is 0 Å². The van der Waals surface area contributed by atoms with Gasteiger partial charge in [0.05, 0.1) is 8.07 Å². The summed E-state index contributed by atoms with van der Waals surface area (Å²) in [5.74, 6) is 0. The van der Waals surface area contributed by atoms with Gasteiger partial charge in [0.15, 0.2) is 0 Å². The molecule has 0 amide bonds. The van der Waals surface area contributed by atoms with Crippen LogP contribution in [0.3, 0.4) is 0 Å². The Morgan fingerprint density at radius 2 is 2.06 bits per heavy atom. The number of rotatable bonds is 2. The van der Waals surface area contributed by atoms with Gasteiger partial charge in [-0.3, -0.25) is 4.99 Å². The fourth-order valence-electron chi connectivity index (χ4n) is 1.24. The van der Waals surface area contributed by atoms with Crippen molar-refractivity contribution in [3.05, 3.63) is 35.5 Å². The summed E-state index contributed by atoms with van der Waals surface area (Å²) in [6.45, 7) is 13.0. The number of hydrogen-bond acceptors (Lipinski definition) is 1. The van der Waals surface area contributed by atoms with Crippen molar-refractivity contribution in [1.29, 1.82) is 0 Å². The van der Waals surface area contributed by atoms with E-state index in [2.05, 4.69) is 42.6 Å². The fourth-order valence-corrected chi connectivity index (χ4v) is 1.85. The van der Waals surface area contributed by atoms with Crippen LogP contribution in [0.25, 0.3) is 5.73 Å². The molecule has 1 heterocycles. The number of allylic oxidation sites excluding steroid dienone is 2. The molecular weight excluding hydrogens is 276 g/mol. The van der Waals surface area contributed by atoms with E-state index < -0.39 is 8.07 Å². The smallest absolute Gasteiger partial charge is 0.702 e. The molecule has 0 spiro atoms. The summed E-state index contributed by atoms with van der Waals surface area (Å²) in [6, 6.07) is 0. The summed E-state index contributed by atoms with van der Waals surface area (Å²) < 4.78 is 0. The Morgan fingerprint density at radius 3 is 2.29 bits per heavy atom. The van der Waals surface area contributed by atoms with Crippen molar-refractivity contribution >= 4 is 13.8 Å². The van der Waals surface area contributed by atoms with Crippen LogP contribution < -0.4 is 0 Å². The van der Waals surface area contributed by atoms with E-state index in [0.29, 0.717) is 5.70 Å². The summed E-state index contributed by atoms with van der Waals surface area (Å²) >= 11 is 0. The maximum atomic E-state index is 7.12. The van der Waals surface area contributed by atoms with E-state index in [4.69, 9.17) is 5.73 Å². The Kier molecular flexibility index (Phi) is 10.5. The van der Waals surface area contributed by atoms with Crippen molar-refractivity contribution in [2.75, 3.05) is 6.54 Å². The first-order valence-corrected chi connectivity index (χ1v) is 9.23. The zero-order valence-electron chi connectivity index (χ0n) is 11.2. The van der Waals surface area contributed by atoms with Crippen LogP contribution in [-0.2, 0) is 17.1 Å². The molecule has 100 valence electrons. The summed E-state index contributed by atoms with van der Waals surface area (Å²) in [4.78, 5) is 4.20. The third-order valence-corrected chi connectivity index (χ3v) is 2.89. The minimum Gasteiger partial charge on any atom is -0.702 e. The molecule has 17 heavy (non-hydrogen) atoms. The van der Waals surface area contributed by atoms with Crippen LogP contribution in [0.5, 0.6) is 0 Å². The van der Waals surface area contributed by atoms with Crippen LogP contribution in [0.2, 0.25) is 19.6 Å². The summed E-state index contributed by atoms with van der Waals surface area (Å²) in [5, 5.41) is 0. The molecule has 0 aromatic rings. The molecule has 4 heteroatoms. The summed E-state index contributed by atoms with van der Waals surface area (Å²) in [5.41, 5.74) is 13.7. The van der Waals surface area contributed by atoms with Gasteiger partial charge in [0.25, 0.3) is 0 Å². The Bertz CT molecular complexity index is 317. The van der Waals surface area contributed by atoms with Crippen molar-refractivity contribution in [3.63, 3.8) is 0 Å². The van der Waals surface area contributed by atoms with Gasteiger partial charge in [-0.2, -0.15) is 5.70 Å². The van der Waals surface area contributed by atoms with E-state index >= 15 is 0 Å². The molecule has 1 rings (SSSR count). The molecule has 0 aliphatic carbocycles. The summed E-state index contributed by atoms with van der Waals surface area (Å²) in [6.07, 6.45) is 4.07. The molecule has 1 N–H and O–H groups in total. The van der Waals surface area contributed by atoms with Crippen LogP contribution >= 0.6 is 0 Å². The van der Waals surface area contributed by atoms with Crippen molar-refractivity contribution < 1.29 is 17.1 Å². The molecule has 1 aliphatic rings. The van der Waals surface area contributed by atoms with Gasteiger partial charge in [0.1, 0.15) is 0 Å². The van der Waals surface area contributed by atoms with Crippen LogP contribution in [0.4, 0.5) is 0 Å². The molecule has 0 bridgehead atoms. The first-order chi connectivity index (χ1) is 7.35. The van der Waals surface area contributed by atoms with Crippen LogP contribution in [0.1, 0.15) is 19.8 Å². The van der Waals surface area contributed by atoms with Gasteiger partial charge in [-0.1, -0.05) is 44.9 Å². The third-order valence-electron chi connectivity index (χ3n) is 1.82. The van der Waals surface area contributed by atoms with Crippen molar-refractivity contribution in [1.82, 2.24) is 0 Å². The average Bonchev–Trinajstić information content (AvgIpc) is 2.54. The maximum Gasteiger partial charge on any atom is 1.00 e. The van der Waals surface area contributed by atoms with Gasteiger partial charge in [-0.25, -0.2) is 0 Å². The van der Waals surface area contributed by atoms with Gasteiger partial charge >= 0.3 is 17.1 Å². The van der Waals surface area contributed by atoms with Crippen molar-refractivity contribution in [2.45, 2.75) is 39.4 Å². The zero-order chi connectivity index (χ0) is 12.6. The predicted molar refractivity (Wildman–Crippen MR) is 76.7 cm³/mol.